The molecule has 0 radical (unpaired) electrons. The summed E-state index contributed by atoms with van der Waals surface area (Å²) in [5.74, 6) is 0. The molecule has 4 heteroatoms. The summed E-state index contributed by atoms with van der Waals surface area (Å²) >= 11 is 0. The van der Waals surface area contributed by atoms with E-state index in [9.17, 15) is 10.1 Å². The molecule has 0 amide bonds. The summed E-state index contributed by atoms with van der Waals surface area (Å²) in [6.45, 7) is 7.83. The lowest BCUT2D eigenvalue weighted by Crippen LogP contribution is -2.38. The largest absolute Gasteiger partial charge is 0.290 e. The Morgan fingerprint density at radius 2 is 2.00 bits per heavy atom. The van der Waals surface area contributed by atoms with E-state index in [0.717, 1.165) is 6.42 Å². The van der Waals surface area contributed by atoms with Crippen LogP contribution in [-0.2, 0) is 0 Å². The molecule has 0 rings (SSSR count). The van der Waals surface area contributed by atoms with Gasteiger partial charge in [0.05, 0.1) is 5.71 Å². The number of aliphatic imine (C=N–C) groups is 1. The van der Waals surface area contributed by atoms with E-state index in [4.69, 9.17) is 0 Å². The van der Waals surface area contributed by atoms with E-state index in [2.05, 4.69) is 4.99 Å². The third-order valence-corrected chi connectivity index (χ3v) is 2.14. The second kappa shape index (κ2) is 5.08. The Labute approximate surface area is 85.6 Å². The zero-order valence-electron chi connectivity index (χ0n) is 9.70. The second-order valence-electron chi connectivity index (χ2n) is 4.45. The molecule has 0 saturated heterocycles. The maximum Gasteiger partial charge on any atom is 0.250 e. The molecular formula is C10H20N2O2. The number of nitro groups is 1. The van der Waals surface area contributed by atoms with E-state index >= 15 is 0 Å². The molecule has 0 N–H and O–H groups in total. The van der Waals surface area contributed by atoms with Crippen LogP contribution in [0.25, 0.3) is 0 Å². The normalized spacial score (nSPS) is 15.4. The monoisotopic (exact) mass is 200 g/mol. The van der Waals surface area contributed by atoms with Crippen LogP contribution in [0.5, 0.6) is 0 Å². The molecule has 0 heterocycles. The van der Waals surface area contributed by atoms with Crippen molar-refractivity contribution in [3.8, 4) is 0 Å². The molecule has 0 bridgehead atoms. The number of hydrogen-bond donors (Lipinski definition) is 0. The first kappa shape index (κ1) is 13.1. The van der Waals surface area contributed by atoms with E-state index in [1.54, 1.807) is 7.05 Å². The molecule has 0 aromatic carbocycles. The van der Waals surface area contributed by atoms with Crippen molar-refractivity contribution in [2.24, 2.45) is 10.4 Å². The molecule has 0 aliphatic carbocycles. The van der Waals surface area contributed by atoms with E-state index < -0.39 is 6.04 Å². The molecule has 0 unspecified atom stereocenters. The van der Waals surface area contributed by atoms with Crippen LogP contribution < -0.4 is 0 Å². The van der Waals surface area contributed by atoms with Crippen LogP contribution in [0.2, 0.25) is 0 Å². The molecule has 14 heavy (non-hydrogen) atoms. The van der Waals surface area contributed by atoms with Gasteiger partial charge in [0.1, 0.15) is 0 Å². The summed E-state index contributed by atoms with van der Waals surface area (Å²) in [5, 5.41) is 10.9. The highest BCUT2D eigenvalue weighted by atomic mass is 16.6. The van der Waals surface area contributed by atoms with Crippen LogP contribution in [-0.4, -0.2) is 23.7 Å². The highest BCUT2D eigenvalue weighted by Gasteiger charge is 2.33. The minimum atomic E-state index is -0.620. The van der Waals surface area contributed by atoms with Gasteiger partial charge in [-0.2, -0.15) is 0 Å². The predicted octanol–water partition coefficient (Wildman–Crippen LogP) is 2.55. The zero-order valence-corrected chi connectivity index (χ0v) is 9.70. The van der Waals surface area contributed by atoms with Crippen LogP contribution >= 0.6 is 0 Å². The van der Waals surface area contributed by atoms with Crippen molar-refractivity contribution < 1.29 is 4.92 Å². The minimum Gasteiger partial charge on any atom is -0.290 e. The van der Waals surface area contributed by atoms with Crippen LogP contribution in [0.3, 0.4) is 0 Å². The van der Waals surface area contributed by atoms with Gasteiger partial charge in [-0.15, -0.1) is 0 Å². The topological polar surface area (TPSA) is 55.5 Å². The first-order chi connectivity index (χ1) is 6.34. The van der Waals surface area contributed by atoms with Gasteiger partial charge in [-0.3, -0.25) is 15.1 Å². The third-order valence-electron chi connectivity index (χ3n) is 2.14. The van der Waals surface area contributed by atoms with Crippen molar-refractivity contribution in [1.29, 1.82) is 0 Å². The van der Waals surface area contributed by atoms with E-state index in [-0.39, 0.29) is 10.3 Å². The summed E-state index contributed by atoms with van der Waals surface area (Å²) in [7, 11) is 1.63. The Morgan fingerprint density at radius 1 is 1.50 bits per heavy atom. The van der Waals surface area contributed by atoms with Crippen LogP contribution in [0, 0.1) is 15.5 Å². The Morgan fingerprint density at radius 3 is 2.21 bits per heavy atom. The molecule has 0 fully saturated rings. The summed E-state index contributed by atoms with van der Waals surface area (Å²) in [5.41, 5.74) is 0.464. The predicted molar refractivity (Wildman–Crippen MR) is 58.5 cm³/mol. The van der Waals surface area contributed by atoms with Crippen LogP contribution in [0.1, 0.15) is 40.5 Å². The Hall–Kier alpha value is -0.930. The second-order valence-corrected chi connectivity index (χ2v) is 4.45. The summed E-state index contributed by atoms with van der Waals surface area (Å²) in [4.78, 5) is 14.7. The smallest absolute Gasteiger partial charge is 0.250 e. The number of hydrogen-bond acceptors (Lipinski definition) is 3. The van der Waals surface area contributed by atoms with Crippen molar-refractivity contribution >= 4 is 5.71 Å². The van der Waals surface area contributed by atoms with E-state index in [1.165, 1.54) is 0 Å². The Bertz CT molecular complexity index is 229. The zero-order chi connectivity index (χ0) is 11.4. The molecule has 82 valence electrons. The average molecular weight is 200 g/mol. The fourth-order valence-corrected chi connectivity index (χ4v) is 1.60. The fraction of sp³-hybridized carbons (Fsp3) is 0.900. The lowest BCUT2D eigenvalue weighted by Gasteiger charge is -2.23. The van der Waals surface area contributed by atoms with Crippen LogP contribution in [0.4, 0.5) is 0 Å². The molecule has 0 aromatic rings. The van der Waals surface area contributed by atoms with Gasteiger partial charge in [0.15, 0.2) is 0 Å². The van der Waals surface area contributed by atoms with Crippen molar-refractivity contribution in [3.63, 3.8) is 0 Å². The number of nitrogens with zero attached hydrogens (tertiary/aromatic N) is 2. The van der Waals surface area contributed by atoms with Gasteiger partial charge < -0.3 is 0 Å². The van der Waals surface area contributed by atoms with Gasteiger partial charge in [-0.1, -0.05) is 27.7 Å². The highest BCUT2D eigenvalue weighted by molar-refractivity contribution is 5.92. The highest BCUT2D eigenvalue weighted by Crippen LogP contribution is 2.22. The Balaban J connectivity index is 4.88. The number of rotatable bonds is 4. The molecule has 0 spiro atoms. The average Bonchev–Trinajstić information content (AvgIpc) is 2.01. The maximum absolute atomic E-state index is 10.9. The van der Waals surface area contributed by atoms with Gasteiger partial charge in [-0.05, 0) is 6.42 Å². The van der Waals surface area contributed by atoms with Gasteiger partial charge in [0, 0.05) is 23.8 Å². The van der Waals surface area contributed by atoms with Gasteiger partial charge >= 0.3 is 0 Å². The molecule has 0 aromatic heterocycles. The lowest BCUT2D eigenvalue weighted by atomic mass is 9.84. The van der Waals surface area contributed by atoms with Crippen molar-refractivity contribution in [1.82, 2.24) is 0 Å². The summed E-state index contributed by atoms with van der Waals surface area (Å²) in [6, 6.07) is -0.620. The van der Waals surface area contributed by atoms with Crippen molar-refractivity contribution in [3.05, 3.63) is 10.1 Å². The first-order valence-electron chi connectivity index (χ1n) is 4.95. The van der Waals surface area contributed by atoms with Crippen molar-refractivity contribution in [2.75, 3.05) is 7.05 Å². The maximum atomic E-state index is 10.9. The molecular weight excluding hydrogens is 180 g/mol. The van der Waals surface area contributed by atoms with Gasteiger partial charge in [0.2, 0.25) is 0 Å². The quantitative estimate of drug-likeness (QED) is 0.398. The fourth-order valence-electron chi connectivity index (χ4n) is 1.60. The molecule has 0 saturated carbocycles. The van der Waals surface area contributed by atoms with Gasteiger partial charge in [0.25, 0.3) is 6.04 Å². The SMILES string of the molecule is CCC[C@@H](C(=NC)C(C)(C)C)[N+](=O)[O-]. The van der Waals surface area contributed by atoms with E-state index in [0.29, 0.717) is 12.1 Å². The standard InChI is InChI=1S/C10H20N2O2/c1-6-7-8(12(13)14)9(11-5)10(2,3)4/h8H,6-7H2,1-5H3/t8-/m0/s1. The minimum absolute atomic E-state index is 0.221. The summed E-state index contributed by atoms with van der Waals surface area (Å²) in [6.07, 6.45) is 1.37. The third kappa shape index (κ3) is 3.44. The molecule has 0 aliphatic rings. The summed E-state index contributed by atoms with van der Waals surface area (Å²) < 4.78 is 0. The molecule has 1 atom stereocenters. The first-order valence-corrected chi connectivity index (χ1v) is 4.95. The molecule has 4 nitrogen and oxygen atoms in total. The van der Waals surface area contributed by atoms with Gasteiger partial charge in [-0.25, -0.2) is 0 Å². The Kier molecular flexibility index (Phi) is 4.74. The van der Waals surface area contributed by atoms with E-state index in [1.807, 2.05) is 27.7 Å². The molecule has 0 aliphatic heterocycles. The lowest BCUT2D eigenvalue weighted by molar-refractivity contribution is -0.504. The van der Waals surface area contributed by atoms with Crippen LogP contribution in [0.15, 0.2) is 4.99 Å². The van der Waals surface area contributed by atoms with Crippen molar-refractivity contribution in [2.45, 2.75) is 46.6 Å².